The molecule has 0 nitrogen and oxygen atoms in total. The van der Waals surface area contributed by atoms with Crippen LogP contribution in [0.3, 0.4) is 0 Å². The van der Waals surface area contributed by atoms with Crippen LogP contribution in [0.4, 0.5) is 22.0 Å². The Bertz CT molecular complexity index is 425. The van der Waals surface area contributed by atoms with E-state index >= 15 is 0 Å². The van der Waals surface area contributed by atoms with Crippen molar-refractivity contribution < 1.29 is 22.0 Å². The van der Waals surface area contributed by atoms with Gasteiger partial charge in [0.1, 0.15) is 0 Å². The third kappa shape index (κ3) is 2.33. The Morgan fingerprint density at radius 2 is 1.00 bits per heavy atom. The van der Waals surface area contributed by atoms with E-state index in [2.05, 4.69) is 0 Å². The molecule has 1 aromatic rings. The molecule has 0 saturated carbocycles. The van der Waals surface area contributed by atoms with E-state index in [9.17, 15) is 22.0 Å². The number of halogens is 5. The maximum atomic E-state index is 13.6. The molecule has 0 spiro atoms. The number of benzene rings is 1. The summed E-state index contributed by atoms with van der Waals surface area (Å²) in [5, 5.41) is 0. The van der Waals surface area contributed by atoms with Crippen molar-refractivity contribution in [2.24, 2.45) is 0 Å². The van der Waals surface area contributed by atoms with Gasteiger partial charge in [-0.3, -0.25) is 0 Å². The summed E-state index contributed by atoms with van der Waals surface area (Å²) in [6.45, 7) is 3.06. The topological polar surface area (TPSA) is 0 Å². The Balaban J connectivity index is 3.66. The summed E-state index contributed by atoms with van der Waals surface area (Å²) in [5.41, 5.74) is -0.670. The predicted molar refractivity (Wildman–Crippen MR) is 56.7 cm³/mol. The first-order valence-electron chi connectivity index (χ1n) is 4.81. The Labute approximate surface area is 105 Å². The molecular formula is C11H12BiF5. The average Bonchev–Trinajstić information content (AvgIpc) is 2.23. The average molecular weight is 448 g/mol. The van der Waals surface area contributed by atoms with Crippen molar-refractivity contribution in [2.45, 2.75) is 26.2 Å². The van der Waals surface area contributed by atoms with Gasteiger partial charge in [0.05, 0.1) is 0 Å². The molecule has 0 aliphatic heterocycles. The first-order chi connectivity index (χ1) is 7.62. The molecule has 0 aliphatic rings. The SMILES string of the molecule is [CH3][Bi]([CH3])[C](C)(C)c1c(F)c(F)c(F)c(F)c1F. The Morgan fingerprint density at radius 1 is 0.706 bits per heavy atom. The van der Waals surface area contributed by atoms with Crippen LogP contribution in [0.2, 0.25) is 9.26 Å². The Hall–Kier alpha value is -0.247. The molecule has 0 atom stereocenters. The van der Waals surface area contributed by atoms with E-state index in [0.29, 0.717) is 0 Å². The van der Waals surface area contributed by atoms with Crippen LogP contribution in [0, 0.1) is 29.1 Å². The van der Waals surface area contributed by atoms with Crippen molar-refractivity contribution in [3.05, 3.63) is 34.6 Å². The maximum absolute atomic E-state index is 13.6. The Morgan fingerprint density at radius 3 is 1.29 bits per heavy atom. The fourth-order valence-corrected chi connectivity index (χ4v) is 3.87. The molecule has 0 aromatic heterocycles. The fourth-order valence-electron chi connectivity index (χ4n) is 1.37. The van der Waals surface area contributed by atoms with Crippen LogP contribution in [-0.2, 0) is 3.12 Å². The van der Waals surface area contributed by atoms with E-state index in [-0.39, 0.29) is 0 Å². The van der Waals surface area contributed by atoms with Gasteiger partial charge in [-0.25, -0.2) is 0 Å². The minimum atomic E-state index is -2.30. The minimum absolute atomic E-state index is 0.670. The third-order valence-electron chi connectivity index (χ3n) is 2.94. The fraction of sp³-hybridized carbons (Fsp3) is 0.455. The number of rotatable bonds is 2. The molecular weight excluding hydrogens is 436 g/mol. The standard InChI is InChI=1S/C9H6F5.2CH3.Bi/c1-3(2)4-5(10)7(12)9(14)8(13)6(4)11;;;/h1-2H3;2*1H3;. The van der Waals surface area contributed by atoms with Crippen LogP contribution in [0.1, 0.15) is 19.4 Å². The van der Waals surface area contributed by atoms with E-state index in [1.165, 1.54) is 13.8 Å². The van der Waals surface area contributed by atoms with Crippen LogP contribution in [-0.4, -0.2) is 21.8 Å². The van der Waals surface area contributed by atoms with E-state index in [1.54, 1.807) is 0 Å². The van der Waals surface area contributed by atoms with Crippen molar-refractivity contribution in [3.63, 3.8) is 0 Å². The van der Waals surface area contributed by atoms with Crippen LogP contribution in [0.5, 0.6) is 0 Å². The van der Waals surface area contributed by atoms with Gasteiger partial charge in [-0.15, -0.1) is 0 Å². The molecule has 1 aromatic carbocycles. The van der Waals surface area contributed by atoms with Gasteiger partial charge in [-0.1, -0.05) is 0 Å². The molecule has 1 rings (SSSR count). The normalized spacial score (nSPS) is 12.4. The second-order valence-corrected chi connectivity index (χ2v) is 15.7. The predicted octanol–water partition coefficient (Wildman–Crippen LogP) is 3.95. The van der Waals surface area contributed by atoms with Crippen molar-refractivity contribution in [3.8, 4) is 0 Å². The summed E-state index contributed by atoms with van der Waals surface area (Å²) in [4.78, 5) is 0. The zero-order valence-corrected chi connectivity index (χ0v) is 13.3. The molecule has 0 saturated heterocycles. The van der Waals surface area contributed by atoms with Crippen LogP contribution in [0.25, 0.3) is 0 Å². The van der Waals surface area contributed by atoms with Crippen LogP contribution < -0.4 is 0 Å². The molecule has 0 radical (unpaired) electrons. The summed E-state index contributed by atoms with van der Waals surface area (Å²) in [5.74, 6) is -9.22. The molecule has 0 fully saturated rings. The third-order valence-corrected chi connectivity index (χ3v) is 12.5. The van der Waals surface area contributed by atoms with Gasteiger partial charge in [0.2, 0.25) is 0 Å². The molecule has 17 heavy (non-hydrogen) atoms. The molecule has 0 unspecified atom stereocenters. The van der Waals surface area contributed by atoms with Crippen molar-refractivity contribution in [2.75, 3.05) is 0 Å². The summed E-state index contributed by atoms with van der Waals surface area (Å²) in [7, 11) is 0. The first-order valence-corrected chi connectivity index (χ1v) is 13.5. The van der Waals surface area contributed by atoms with Gasteiger partial charge < -0.3 is 0 Å². The molecule has 0 N–H and O–H groups in total. The quantitative estimate of drug-likeness (QED) is 0.278. The first kappa shape index (κ1) is 14.8. The summed E-state index contributed by atoms with van der Waals surface area (Å²) >= 11 is -2.30. The number of hydrogen-bond donors (Lipinski definition) is 0. The van der Waals surface area contributed by atoms with Gasteiger partial charge >= 0.3 is 105 Å². The summed E-state index contributed by atoms with van der Waals surface area (Å²) in [6, 6.07) is 0. The zero-order valence-electron chi connectivity index (χ0n) is 9.84. The van der Waals surface area contributed by atoms with E-state index < -0.39 is 59.5 Å². The van der Waals surface area contributed by atoms with Gasteiger partial charge in [0.15, 0.2) is 0 Å². The summed E-state index contributed by atoms with van der Waals surface area (Å²) in [6.07, 6.45) is 0. The second-order valence-electron chi connectivity index (χ2n) is 4.40. The van der Waals surface area contributed by atoms with Crippen LogP contribution in [0.15, 0.2) is 0 Å². The molecule has 0 bridgehead atoms. The van der Waals surface area contributed by atoms with Crippen molar-refractivity contribution in [1.29, 1.82) is 0 Å². The molecule has 96 valence electrons. The Kier molecular flexibility index (Phi) is 4.17. The summed E-state index contributed by atoms with van der Waals surface area (Å²) < 4.78 is 68.9. The van der Waals surface area contributed by atoms with E-state index in [0.717, 1.165) is 0 Å². The second kappa shape index (κ2) is 4.79. The molecule has 6 heteroatoms. The zero-order chi connectivity index (χ0) is 13.5. The molecule has 0 heterocycles. The molecule has 0 aliphatic carbocycles. The van der Waals surface area contributed by atoms with E-state index in [4.69, 9.17) is 0 Å². The van der Waals surface area contributed by atoms with Gasteiger partial charge in [0, 0.05) is 0 Å². The molecule has 0 amide bonds. The monoisotopic (exact) mass is 448 g/mol. The van der Waals surface area contributed by atoms with E-state index in [1.807, 2.05) is 9.26 Å². The van der Waals surface area contributed by atoms with Crippen molar-refractivity contribution in [1.82, 2.24) is 0 Å². The van der Waals surface area contributed by atoms with Crippen LogP contribution >= 0.6 is 0 Å². The van der Waals surface area contributed by atoms with Gasteiger partial charge in [-0.05, 0) is 0 Å². The number of hydrogen-bond acceptors (Lipinski definition) is 0. The van der Waals surface area contributed by atoms with Gasteiger partial charge in [-0.2, -0.15) is 0 Å². The van der Waals surface area contributed by atoms with Gasteiger partial charge in [0.25, 0.3) is 0 Å². The van der Waals surface area contributed by atoms with Crippen molar-refractivity contribution >= 4 is 21.8 Å².